The van der Waals surface area contributed by atoms with Gasteiger partial charge in [-0.25, -0.2) is 0 Å². The molecule has 0 bridgehead atoms. The molecule has 0 aromatic heterocycles. The van der Waals surface area contributed by atoms with E-state index in [0.717, 1.165) is 6.54 Å². The highest BCUT2D eigenvalue weighted by Gasteiger charge is 2.40. The maximum atomic E-state index is 5.46. The summed E-state index contributed by atoms with van der Waals surface area (Å²) in [5.41, 5.74) is 5.99. The average Bonchev–Trinajstić information content (AvgIpc) is 2.79. The van der Waals surface area contributed by atoms with E-state index in [1.807, 2.05) is 0 Å². The number of hydrogen-bond acceptors (Lipinski definition) is 2. The maximum Gasteiger partial charge on any atom is 0.0183 e. The first-order chi connectivity index (χ1) is 5.33. The Morgan fingerprint density at radius 1 is 1.45 bits per heavy atom. The summed E-state index contributed by atoms with van der Waals surface area (Å²) < 4.78 is 0. The average molecular weight is 156 g/mol. The SMILES string of the molecule is CCCNC1(CCCN)CC1. The van der Waals surface area contributed by atoms with Crippen molar-refractivity contribution in [2.45, 2.75) is 44.6 Å². The van der Waals surface area contributed by atoms with Gasteiger partial charge in [0.1, 0.15) is 0 Å². The van der Waals surface area contributed by atoms with Gasteiger partial charge in [0, 0.05) is 5.54 Å². The topological polar surface area (TPSA) is 38.0 Å². The lowest BCUT2D eigenvalue weighted by atomic mass is 10.1. The lowest BCUT2D eigenvalue weighted by Crippen LogP contribution is -2.32. The van der Waals surface area contributed by atoms with Crippen LogP contribution in [-0.2, 0) is 0 Å². The molecule has 0 aromatic rings. The van der Waals surface area contributed by atoms with Crippen LogP contribution in [0.25, 0.3) is 0 Å². The zero-order valence-corrected chi connectivity index (χ0v) is 7.53. The molecule has 0 unspecified atom stereocenters. The first-order valence-corrected chi connectivity index (χ1v) is 4.78. The lowest BCUT2D eigenvalue weighted by molar-refractivity contribution is 0.454. The monoisotopic (exact) mass is 156 g/mol. The Morgan fingerprint density at radius 2 is 2.18 bits per heavy atom. The highest BCUT2D eigenvalue weighted by molar-refractivity contribution is 5.01. The minimum atomic E-state index is 0.523. The number of rotatable bonds is 6. The molecule has 0 saturated heterocycles. The summed E-state index contributed by atoms with van der Waals surface area (Å²) in [6, 6.07) is 0. The standard InChI is InChI=1S/C9H20N2/c1-2-8-11-9(5-6-9)4-3-7-10/h11H,2-8,10H2,1H3. The summed E-state index contributed by atoms with van der Waals surface area (Å²) in [4.78, 5) is 0. The van der Waals surface area contributed by atoms with Crippen molar-refractivity contribution in [1.82, 2.24) is 5.32 Å². The number of hydrogen-bond donors (Lipinski definition) is 2. The van der Waals surface area contributed by atoms with Gasteiger partial charge in [-0.15, -0.1) is 0 Å². The van der Waals surface area contributed by atoms with E-state index in [2.05, 4.69) is 12.2 Å². The van der Waals surface area contributed by atoms with E-state index in [1.165, 1.54) is 38.6 Å². The van der Waals surface area contributed by atoms with Crippen molar-refractivity contribution in [2.24, 2.45) is 5.73 Å². The molecule has 11 heavy (non-hydrogen) atoms. The molecule has 0 aromatic carbocycles. The zero-order valence-electron chi connectivity index (χ0n) is 7.53. The molecule has 0 radical (unpaired) electrons. The Morgan fingerprint density at radius 3 is 2.64 bits per heavy atom. The van der Waals surface area contributed by atoms with Crippen molar-refractivity contribution in [3.8, 4) is 0 Å². The molecular formula is C9H20N2. The fourth-order valence-electron chi connectivity index (χ4n) is 1.50. The molecular weight excluding hydrogens is 136 g/mol. The van der Waals surface area contributed by atoms with Gasteiger partial charge < -0.3 is 11.1 Å². The molecule has 3 N–H and O–H groups in total. The van der Waals surface area contributed by atoms with Crippen LogP contribution in [-0.4, -0.2) is 18.6 Å². The summed E-state index contributed by atoms with van der Waals surface area (Å²) in [7, 11) is 0. The third-order valence-corrected chi connectivity index (χ3v) is 2.46. The molecule has 1 aliphatic carbocycles. The van der Waals surface area contributed by atoms with E-state index in [-0.39, 0.29) is 0 Å². The van der Waals surface area contributed by atoms with Crippen molar-refractivity contribution in [3.63, 3.8) is 0 Å². The van der Waals surface area contributed by atoms with Gasteiger partial charge >= 0.3 is 0 Å². The second kappa shape index (κ2) is 4.07. The van der Waals surface area contributed by atoms with Gasteiger partial charge in [0.25, 0.3) is 0 Å². The molecule has 0 atom stereocenters. The van der Waals surface area contributed by atoms with Gasteiger partial charge in [0.05, 0.1) is 0 Å². The highest BCUT2D eigenvalue weighted by Crippen LogP contribution is 2.39. The fourth-order valence-corrected chi connectivity index (χ4v) is 1.50. The van der Waals surface area contributed by atoms with Crippen LogP contribution >= 0.6 is 0 Å². The molecule has 1 aliphatic rings. The molecule has 0 heterocycles. The Hall–Kier alpha value is -0.0800. The minimum absolute atomic E-state index is 0.523. The summed E-state index contributed by atoms with van der Waals surface area (Å²) in [6.45, 7) is 4.23. The van der Waals surface area contributed by atoms with Crippen LogP contribution in [0.4, 0.5) is 0 Å². The minimum Gasteiger partial charge on any atom is -0.330 e. The van der Waals surface area contributed by atoms with Gasteiger partial charge in [0.2, 0.25) is 0 Å². The molecule has 1 saturated carbocycles. The molecule has 1 rings (SSSR count). The Kier molecular flexibility index (Phi) is 3.34. The van der Waals surface area contributed by atoms with Crippen molar-refractivity contribution in [1.29, 1.82) is 0 Å². The smallest absolute Gasteiger partial charge is 0.0183 e. The van der Waals surface area contributed by atoms with E-state index in [0.29, 0.717) is 5.54 Å². The third-order valence-electron chi connectivity index (χ3n) is 2.46. The van der Waals surface area contributed by atoms with Crippen LogP contribution in [0.3, 0.4) is 0 Å². The van der Waals surface area contributed by atoms with E-state index in [4.69, 9.17) is 5.73 Å². The van der Waals surface area contributed by atoms with Gasteiger partial charge in [-0.3, -0.25) is 0 Å². The van der Waals surface area contributed by atoms with Gasteiger partial charge in [-0.2, -0.15) is 0 Å². The van der Waals surface area contributed by atoms with Crippen molar-refractivity contribution >= 4 is 0 Å². The molecule has 2 heteroatoms. The largest absolute Gasteiger partial charge is 0.330 e. The Labute approximate surface area is 69.5 Å². The summed E-state index contributed by atoms with van der Waals surface area (Å²) in [5.74, 6) is 0. The van der Waals surface area contributed by atoms with E-state index in [1.54, 1.807) is 0 Å². The van der Waals surface area contributed by atoms with Crippen LogP contribution in [0.1, 0.15) is 39.0 Å². The van der Waals surface area contributed by atoms with Crippen LogP contribution in [0.2, 0.25) is 0 Å². The van der Waals surface area contributed by atoms with E-state index in [9.17, 15) is 0 Å². The first-order valence-electron chi connectivity index (χ1n) is 4.78. The van der Waals surface area contributed by atoms with E-state index >= 15 is 0 Å². The highest BCUT2D eigenvalue weighted by atomic mass is 15.0. The van der Waals surface area contributed by atoms with Crippen molar-refractivity contribution in [3.05, 3.63) is 0 Å². The first kappa shape index (κ1) is 9.01. The summed E-state index contributed by atoms with van der Waals surface area (Å²) >= 11 is 0. The second-order valence-electron chi connectivity index (χ2n) is 3.60. The van der Waals surface area contributed by atoms with Crippen LogP contribution in [0.5, 0.6) is 0 Å². The third kappa shape index (κ3) is 2.80. The number of nitrogens with two attached hydrogens (primary N) is 1. The maximum absolute atomic E-state index is 5.46. The Balaban J connectivity index is 2.08. The van der Waals surface area contributed by atoms with Crippen molar-refractivity contribution < 1.29 is 0 Å². The molecule has 2 nitrogen and oxygen atoms in total. The predicted octanol–water partition coefficient (Wildman–Crippen LogP) is 1.26. The molecule has 66 valence electrons. The number of nitrogens with one attached hydrogen (secondary N) is 1. The molecule has 0 amide bonds. The zero-order chi connectivity index (χ0) is 8.16. The predicted molar refractivity (Wildman–Crippen MR) is 48.5 cm³/mol. The van der Waals surface area contributed by atoms with Gasteiger partial charge in [-0.1, -0.05) is 6.92 Å². The fraction of sp³-hybridized carbons (Fsp3) is 1.00. The van der Waals surface area contributed by atoms with Crippen molar-refractivity contribution in [2.75, 3.05) is 13.1 Å². The molecule has 0 aliphatic heterocycles. The van der Waals surface area contributed by atoms with Gasteiger partial charge in [0.15, 0.2) is 0 Å². The lowest BCUT2D eigenvalue weighted by Gasteiger charge is -2.15. The quantitative estimate of drug-likeness (QED) is 0.607. The van der Waals surface area contributed by atoms with Crippen LogP contribution < -0.4 is 11.1 Å². The Bertz CT molecular complexity index is 98.1. The molecule has 1 fully saturated rings. The second-order valence-corrected chi connectivity index (χ2v) is 3.60. The summed E-state index contributed by atoms with van der Waals surface area (Å²) in [5, 5.41) is 3.60. The molecule has 0 spiro atoms. The normalized spacial score (nSPS) is 20.2. The summed E-state index contributed by atoms with van der Waals surface area (Å²) in [6.07, 6.45) is 6.44. The van der Waals surface area contributed by atoms with Gasteiger partial charge in [-0.05, 0) is 45.2 Å². The van der Waals surface area contributed by atoms with Crippen LogP contribution in [0.15, 0.2) is 0 Å². The van der Waals surface area contributed by atoms with Crippen LogP contribution in [0, 0.1) is 0 Å². The van der Waals surface area contributed by atoms with E-state index < -0.39 is 0 Å².